The van der Waals surface area contributed by atoms with Gasteiger partial charge in [-0.15, -0.1) is 0 Å². The van der Waals surface area contributed by atoms with Crippen molar-refractivity contribution < 1.29 is 48.3 Å². The second-order valence-electron chi connectivity index (χ2n) is 6.49. The molecule has 1 aliphatic rings. The minimum Gasteiger partial charge on any atom is -0.460 e. The Balaban J connectivity index is -0.000000393. The molecule has 0 aromatic carbocycles. The van der Waals surface area contributed by atoms with Gasteiger partial charge in [-0.1, -0.05) is 7.43 Å². The molecule has 10 nitrogen and oxygen atoms in total. The molecule has 172 valence electrons. The van der Waals surface area contributed by atoms with Gasteiger partial charge in [0.15, 0.2) is 18.3 Å². The van der Waals surface area contributed by atoms with E-state index in [1.807, 2.05) is 0 Å². The van der Waals surface area contributed by atoms with Crippen LogP contribution in [-0.2, 0) is 38.1 Å². The molecule has 1 heterocycles. The number of hydrogen-bond acceptors (Lipinski definition) is 10. The molecular formula is C19H36O10. The molecule has 1 saturated heterocycles. The fourth-order valence-corrected chi connectivity index (χ4v) is 1.29. The summed E-state index contributed by atoms with van der Waals surface area (Å²) in [6.45, 7) is 12.5. The lowest BCUT2D eigenvalue weighted by atomic mass is 10.3. The molecule has 4 atom stereocenters. The van der Waals surface area contributed by atoms with Crippen LogP contribution in [0.4, 0.5) is 0 Å². The van der Waals surface area contributed by atoms with Gasteiger partial charge in [0.25, 0.3) is 0 Å². The second-order valence-corrected chi connectivity index (χ2v) is 6.49. The van der Waals surface area contributed by atoms with Gasteiger partial charge in [-0.25, -0.2) is 19.2 Å². The van der Waals surface area contributed by atoms with Crippen LogP contribution in [-0.4, -0.2) is 70.7 Å². The van der Waals surface area contributed by atoms with Crippen LogP contribution in [0.1, 0.15) is 62.8 Å². The normalized spacial score (nSPS) is 19.7. The number of aliphatic hydroxyl groups excluding tert-OH is 2. The van der Waals surface area contributed by atoms with E-state index >= 15 is 0 Å². The standard InChI is InChI=1S/C9H16O5.C6H8O4.C3H8O.CH4/c1-5(2)13-9(12)7(4)14-8(11)6(3)10;1-3-5(7)10-4(2)6(8)9-3;1-3(2)4;/h5-7,10H,1-4H3;3-4H,1-2H3;3-4H,1-2H3;1H4. The molecule has 0 aromatic heterocycles. The summed E-state index contributed by atoms with van der Waals surface area (Å²) in [5, 5.41) is 16.9. The zero-order valence-corrected chi connectivity index (χ0v) is 17.6. The minimum absolute atomic E-state index is 0. The van der Waals surface area contributed by atoms with Gasteiger partial charge in [0, 0.05) is 6.10 Å². The first-order valence-corrected chi connectivity index (χ1v) is 8.87. The molecule has 0 spiro atoms. The van der Waals surface area contributed by atoms with Gasteiger partial charge in [-0.05, 0) is 55.4 Å². The number of ether oxygens (including phenoxy) is 4. The van der Waals surface area contributed by atoms with Gasteiger partial charge in [0.1, 0.15) is 6.10 Å². The molecule has 0 saturated carbocycles. The Morgan fingerprint density at radius 2 is 1.17 bits per heavy atom. The molecule has 0 aliphatic carbocycles. The predicted molar refractivity (Wildman–Crippen MR) is 104 cm³/mol. The highest BCUT2D eigenvalue weighted by atomic mass is 16.6. The van der Waals surface area contributed by atoms with Gasteiger partial charge in [0.2, 0.25) is 0 Å². The molecular weight excluding hydrogens is 388 g/mol. The highest BCUT2D eigenvalue weighted by Crippen LogP contribution is 2.08. The van der Waals surface area contributed by atoms with E-state index in [4.69, 9.17) is 14.9 Å². The van der Waals surface area contributed by atoms with Gasteiger partial charge in [0.05, 0.1) is 6.10 Å². The molecule has 0 amide bonds. The van der Waals surface area contributed by atoms with Gasteiger partial charge in [-0.2, -0.15) is 0 Å². The zero-order chi connectivity index (χ0) is 22.6. The maximum Gasteiger partial charge on any atom is 0.347 e. The Labute approximate surface area is 172 Å². The number of carbonyl (C=O) groups is 4. The van der Waals surface area contributed by atoms with Crippen LogP contribution in [0.15, 0.2) is 0 Å². The lowest BCUT2D eigenvalue weighted by Gasteiger charge is -2.22. The topological polar surface area (TPSA) is 146 Å². The third-order valence-corrected chi connectivity index (χ3v) is 2.57. The molecule has 1 aliphatic heterocycles. The van der Waals surface area contributed by atoms with E-state index in [0.717, 1.165) is 0 Å². The zero-order valence-electron chi connectivity index (χ0n) is 17.6. The maximum absolute atomic E-state index is 11.1. The fraction of sp³-hybridized carbons (Fsp3) is 0.789. The Morgan fingerprint density at radius 1 is 0.828 bits per heavy atom. The Bertz CT molecular complexity index is 490. The van der Waals surface area contributed by atoms with Crippen LogP contribution in [0.2, 0.25) is 0 Å². The summed E-state index contributed by atoms with van der Waals surface area (Å²) >= 11 is 0. The van der Waals surface area contributed by atoms with Crippen LogP contribution in [0.25, 0.3) is 0 Å². The SMILES string of the molecule is C.CC(C)O.CC(C)OC(=O)C(C)OC(=O)C(C)O.CC1OC(=O)C(C)OC1=O. The number of rotatable bonds is 4. The van der Waals surface area contributed by atoms with Crippen molar-refractivity contribution in [2.75, 3.05) is 0 Å². The summed E-state index contributed by atoms with van der Waals surface area (Å²) in [5.41, 5.74) is 0. The third-order valence-electron chi connectivity index (χ3n) is 2.57. The smallest absolute Gasteiger partial charge is 0.347 e. The summed E-state index contributed by atoms with van der Waals surface area (Å²) < 4.78 is 18.6. The predicted octanol–water partition coefficient (Wildman–Crippen LogP) is 1.14. The lowest BCUT2D eigenvalue weighted by Crippen LogP contribution is -2.40. The maximum atomic E-state index is 11.1. The first-order valence-electron chi connectivity index (χ1n) is 8.87. The average Bonchev–Trinajstić information content (AvgIpc) is 2.52. The van der Waals surface area contributed by atoms with E-state index in [2.05, 4.69) is 14.2 Å². The molecule has 0 aromatic rings. The molecule has 29 heavy (non-hydrogen) atoms. The molecule has 0 bridgehead atoms. The molecule has 10 heteroatoms. The first-order chi connectivity index (χ1) is 12.7. The Morgan fingerprint density at radius 3 is 1.45 bits per heavy atom. The quantitative estimate of drug-likeness (QED) is 0.497. The lowest BCUT2D eigenvalue weighted by molar-refractivity contribution is -0.191. The largest absolute Gasteiger partial charge is 0.460 e. The van der Waals surface area contributed by atoms with Crippen LogP contribution in [0.5, 0.6) is 0 Å². The summed E-state index contributed by atoms with van der Waals surface area (Å²) in [6, 6.07) is 0. The molecule has 2 N–H and O–H groups in total. The molecule has 4 unspecified atom stereocenters. The average molecular weight is 424 g/mol. The van der Waals surface area contributed by atoms with Crippen molar-refractivity contribution >= 4 is 23.9 Å². The highest BCUT2D eigenvalue weighted by Gasteiger charge is 2.32. The number of cyclic esters (lactones) is 2. The van der Waals surface area contributed by atoms with Gasteiger partial charge in [-0.3, -0.25) is 0 Å². The van der Waals surface area contributed by atoms with E-state index in [9.17, 15) is 19.2 Å². The number of carbonyl (C=O) groups excluding carboxylic acids is 4. The van der Waals surface area contributed by atoms with Gasteiger partial charge < -0.3 is 29.2 Å². The number of esters is 4. The van der Waals surface area contributed by atoms with Gasteiger partial charge >= 0.3 is 23.9 Å². The first kappa shape index (κ1) is 31.5. The molecule has 1 rings (SSSR count). The van der Waals surface area contributed by atoms with E-state index in [1.54, 1.807) is 27.7 Å². The minimum atomic E-state index is -1.23. The highest BCUT2D eigenvalue weighted by molar-refractivity contribution is 5.86. The van der Waals surface area contributed by atoms with Crippen molar-refractivity contribution in [3.05, 3.63) is 0 Å². The Hall–Kier alpha value is -2.20. The van der Waals surface area contributed by atoms with E-state index in [0.29, 0.717) is 0 Å². The van der Waals surface area contributed by atoms with Crippen LogP contribution in [0, 0.1) is 0 Å². The summed E-state index contributed by atoms with van der Waals surface area (Å²) in [5.74, 6) is -2.41. The summed E-state index contributed by atoms with van der Waals surface area (Å²) in [4.78, 5) is 43.3. The number of aliphatic hydroxyl groups is 2. The van der Waals surface area contributed by atoms with E-state index in [-0.39, 0.29) is 19.6 Å². The van der Waals surface area contributed by atoms with Crippen molar-refractivity contribution in [3.63, 3.8) is 0 Å². The molecule has 1 fully saturated rings. The van der Waals surface area contributed by atoms with Crippen molar-refractivity contribution in [2.45, 2.75) is 99.4 Å². The van der Waals surface area contributed by atoms with E-state index < -0.39 is 48.3 Å². The van der Waals surface area contributed by atoms with Crippen molar-refractivity contribution in [1.29, 1.82) is 0 Å². The van der Waals surface area contributed by atoms with Crippen LogP contribution in [0.3, 0.4) is 0 Å². The second kappa shape index (κ2) is 15.7. The van der Waals surface area contributed by atoms with Crippen molar-refractivity contribution in [1.82, 2.24) is 0 Å². The van der Waals surface area contributed by atoms with E-state index in [1.165, 1.54) is 27.7 Å². The molecule has 0 radical (unpaired) electrons. The monoisotopic (exact) mass is 424 g/mol. The van der Waals surface area contributed by atoms with Crippen LogP contribution < -0.4 is 0 Å². The van der Waals surface area contributed by atoms with Crippen molar-refractivity contribution in [3.8, 4) is 0 Å². The third kappa shape index (κ3) is 16.5. The fourth-order valence-electron chi connectivity index (χ4n) is 1.29. The number of hydrogen-bond donors (Lipinski definition) is 2. The summed E-state index contributed by atoms with van der Waals surface area (Å²) in [7, 11) is 0. The van der Waals surface area contributed by atoms with Crippen molar-refractivity contribution in [2.24, 2.45) is 0 Å². The van der Waals surface area contributed by atoms with Crippen LogP contribution >= 0.6 is 0 Å². The Kier molecular flexibility index (Phi) is 17.0. The summed E-state index contributed by atoms with van der Waals surface area (Å²) in [6.07, 6.45) is -4.13.